The van der Waals surface area contributed by atoms with Gasteiger partial charge in [-0.25, -0.2) is 0 Å². The van der Waals surface area contributed by atoms with Crippen molar-refractivity contribution in [3.63, 3.8) is 0 Å². The molecule has 0 saturated heterocycles. The highest BCUT2D eigenvalue weighted by molar-refractivity contribution is 6.36. The Kier molecular flexibility index (Phi) is 5.98. The lowest BCUT2D eigenvalue weighted by molar-refractivity contribution is 0.0847. The van der Waals surface area contributed by atoms with Gasteiger partial charge in [-0.05, 0) is 42.5 Å². The summed E-state index contributed by atoms with van der Waals surface area (Å²) in [4.78, 5) is 36.8. The van der Waals surface area contributed by atoms with Crippen LogP contribution >= 0.6 is 23.2 Å². The minimum absolute atomic E-state index is 0.0981. The largest absolute Gasteiger partial charge is 0.459 e. The molecule has 0 aliphatic rings. The monoisotopic (exact) mass is 417 g/mol. The number of amides is 3. The molecule has 0 atom stereocenters. The van der Waals surface area contributed by atoms with Crippen molar-refractivity contribution in [2.75, 3.05) is 5.32 Å². The van der Waals surface area contributed by atoms with Crippen LogP contribution in [0.25, 0.3) is 0 Å². The van der Waals surface area contributed by atoms with Crippen LogP contribution in [0, 0.1) is 0 Å². The van der Waals surface area contributed by atoms with Crippen LogP contribution in [-0.4, -0.2) is 17.7 Å². The zero-order chi connectivity index (χ0) is 20.1. The molecule has 0 fully saturated rings. The number of hydrogen-bond acceptors (Lipinski definition) is 4. The minimum atomic E-state index is -0.631. The third kappa shape index (κ3) is 4.51. The van der Waals surface area contributed by atoms with Gasteiger partial charge in [0.2, 0.25) is 0 Å². The molecule has 0 unspecified atom stereocenters. The predicted octanol–water partition coefficient (Wildman–Crippen LogP) is 3.91. The fourth-order valence-corrected chi connectivity index (χ4v) is 2.80. The van der Waals surface area contributed by atoms with E-state index in [0.29, 0.717) is 5.02 Å². The molecule has 9 heteroatoms. The third-order valence-electron chi connectivity index (χ3n) is 3.63. The van der Waals surface area contributed by atoms with Crippen molar-refractivity contribution in [2.24, 2.45) is 0 Å². The van der Waals surface area contributed by atoms with Gasteiger partial charge in [0, 0.05) is 5.02 Å². The molecule has 0 bridgehead atoms. The van der Waals surface area contributed by atoms with Crippen molar-refractivity contribution in [1.82, 2.24) is 10.9 Å². The van der Waals surface area contributed by atoms with Crippen LogP contribution in [0.5, 0.6) is 0 Å². The van der Waals surface area contributed by atoms with E-state index < -0.39 is 17.7 Å². The maximum atomic E-state index is 12.5. The van der Waals surface area contributed by atoms with E-state index in [0.717, 1.165) is 0 Å². The number of benzene rings is 2. The van der Waals surface area contributed by atoms with Crippen molar-refractivity contribution in [1.29, 1.82) is 0 Å². The molecule has 3 N–H and O–H groups in total. The van der Waals surface area contributed by atoms with Crippen molar-refractivity contribution < 1.29 is 18.8 Å². The summed E-state index contributed by atoms with van der Waals surface area (Å²) in [6.07, 6.45) is 1.37. The van der Waals surface area contributed by atoms with Crippen LogP contribution in [0.1, 0.15) is 31.3 Å². The maximum Gasteiger partial charge on any atom is 0.291 e. The summed E-state index contributed by atoms with van der Waals surface area (Å²) >= 11 is 11.8. The Morgan fingerprint density at radius 1 is 0.786 bits per heavy atom. The number of hydrogen-bond donors (Lipinski definition) is 3. The normalized spacial score (nSPS) is 10.2. The fourth-order valence-electron chi connectivity index (χ4n) is 2.30. The van der Waals surface area contributed by atoms with Gasteiger partial charge in [-0.3, -0.25) is 25.2 Å². The molecule has 3 amide bonds. The zero-order valence-electron chi connectivity index (χ0n) is 14.2. The molecule has 1 heterocycles. The summed E-state index contributed by atoms with van der Waals surface area (Å²) in [6, 6.07) is 13.7. The molecule has 3 aromatic rings. The average Bonchev–Trinajstić information content (AvgIpc) is 3.21. The van der Waals surface area contributed by atoms with E-state index in [1.54, 1.807) is 24.3 Å². The van der Waals surface area contributed by atoms with E-state index in [1.807, 2.05) is 0 Å². The summed E-state index contributed by atoms with van der Waals surface area (Å²) in [7, 11) is 0. The average molecular weight is 418 g/mol. The summed E-state index contributed by atoms with van der Waals surface area (Å²) < 4.78 is 5.02. The second-order valence-electron chi connectivity index (χ2n) is 5.51. The number of carbonyl (C=O) groups excluding carboxylic acids is 3. The highest BCUT2D eigenvalue weighted by Gasteiger charge is 2.17. The Hall–Kier alpha value is -3.29. The van der Waals surface area contributed by atoms with Gasteiger partial charge in [-0.1, -0.05) is 35.3 Å². The first-order valence-electron chi connectivity index (χ1n) is 7.95. The molecule has 0 aliphatic carbocycles. The Labute approximate surface area is 169 Å². The van der Waals surface area contributed by atoms with E-state index in [9.17, 15) is 14.4 Å². The first-order valence-corrected chi connectivity index (χ1v) is 8.71. The number of para-hydroxylation sites is 1. The minimum Gasteiger partial charge on any atom is -0.459 e. The van der Waals surface area contributed by atoms with Gasteiger partial charge in [-0.2, -0.15) is 0 Å². The smallest absolute Gasteiger partial charge is 0.291 e. The van der Waals surface area contributed by atoms with Gasteiger partial charge in [0.05, 0.1) is 28.1 Å². The summed E-state index contributed by atoms with van der Waals surface area (Å²) in [5.41, 5.74) is 5.09. The standard InChI is InChI=1S/C19H13Cl2N3O4/c20-11-7-8-12(14(21)10-11)17(25)23-24-18(26)13-4-1-2-5-15(13)22-19(27)16-6-3-9-28-16/h1-10H,(H,22,27)(H,23,25)(H,24,26). The van der Waals surface area contributed by atoms with E-state index in [4.69, 9.17) is 27.6 Å². The number of hydrazine groups is 1. The van der Waals surface area contributed by atoms with Gasteiger partial charge >= 0.3 is 0 Å². The number of carbonyl (C=O) groups is 3. The molecule has 1 aromatic heterocycles. The zero-order valence-corrected chi connectivity index (χ0v) is 15.7. The van der Waals surface area contributed by atoms with E-state index in [-0.39, 0.29) is 27.6 Å². The Balaban J connectivity index is 1.69. The van der Waals surface area contributed by atoms with Crippen molar-refractivity contribution >= 4 is 46.6 Å². The maximum absolute atomic E-state index is 12.5. The highest BCUT2D eigenvalue weighted by Crippen LogP contribution is 2.21. The Morgan fingerprint density at radius 3 is 2.18 bits per heavy atom. The van der Waals surface area contributed by atoms with Gasteiger partial charge in [0.1, 0.15) is 0 Å². The van der Waals surface area contributed by atoms with Crippen LogP contribution in [0.15, 0.2) is 65.3 Å². The van der Waals surface area contributed by atoms with Crippen LogP contribution in [0.3, 0.4) is 0 Å². The SMILES string of the molecule is O=C(Nc1ccccc1C(=O)NNC(=O)c1ccc(Cl)cc1Cl)c1ccco1. The molecule has 0 aliphatic heterocycles. The van der Waals surface area contributed by atoms with Crippen LogP contribution in [0.4, 0.5) is 5.69 Å². The fraction of sp³-hybridized carbons (Fsp3) is 0. The molecule has 28 heavy (non-hydrogen) atoms. The van der Waals surface area contributed by atoms with Crippen LogP contribution < -0.4 is 16.2 Å². The van der Waals surface area contributed by atoms with Crippen LogP contribution in [-0.2, 0) is 0 Å². The van der Waals surface area contributed by atoms with Gasteiger partial charge < -0.3 is 9.73 Å². The second kappa shape index (κ2) is 8.60. The second-order valence-corrected chi connectivity index (χ2v) is 6.35. The quantitative estimate of drug-likeness (QED) is 0.560. The van der Waals surface area contributed by atoms with Crippen LogP contribution in [0.2, 0.25) is 10.0 Å². The Bertz CT molecular complexity index is 1040. The van der Waals surface area contributed by atoms with E-state index in [2.05, 4.69) is 16.2 Å². The molecule has 3 rings (SSSR count). The predicted molar refractivity (Wildman–Crippen MR) is 104 cm³/mol. The number of furan rings is 1. The van der Waals surface area contributed by atoms with Gasteiger partial charge in [0.25, 0.3) is 17.7 Å². The van der Waals surface area contributed by atoms with Crippen molar-refractivity contribution in [3.8, 4) is 0 Å². The molecule has 7 nitrogen and oxygen atoms in total. The summed E-state index contributed by atoms with van der Waals surface area (Å²) in [6.45, 7) is 0. The molecule has 0 radical (unpaired) electrons. The van der Waals surface area contributed by atoms with Gasteiger partial charge in [0.15, 0.2) is 5.76 Å². The topological polar surface area (TPSA) is 100 Å². The van der Waals surface area contributed by atoms with Gasteiger partial charge in [-0.15, -0.1) is 0 Å². The molecular weight excluding hydrogens is 405 g/mol. The first kappa shape index (κ1) is 19.5. The Morgan fingerprint density at radius 2 is 1.50 bits per heavy atom. The number of anilines is 1. The lowest BCUT2D eigenvalue weighted by Gasteiger charge is -2.12. The van der Waals surface area contributed by atoms with E-state index in [1.165, 1.54) is 36.6 Å². The lowest BCUT2D eigenvalue weighted by atomic mass is 10.1. The molecule has 0 spiro atoms. The number of nitrogens with one attached hydrogen (secondary N) is 3. The molecular formula is C19H13Cl2N3O4. The molecule has 2 aromatic carbocycles. The lowest BCUT2D eigenvalue weighted by Crippen LogP contribution is -2.42. The molecule has 0 saturated carbocycles. The third-order valence-corrected chi connectivity index (χ3v) is 4.18. The number of halogens is 2. The molecule has 142 valence electrons. The number of rotatable bonds is 4. The van der Waals surface area contributed by atoms with Crippen molar-refractivity contribution in [2.45, 2.75) is 0 Å². The summed E-state index contributed by atoms with van der Waals surface area (Å²) in [5, 5.41) is 3.11. The summed E-state index contributed by atoms with van der Waals surface area (Å²) in [5.74, 6) is -1.66. The first-order chi connectivity index (χ1) is 13.5. The van der Waals surface area contributed by atoms with E-state index >= 15 is 0 Å². The van der Waals surface area contributed by atoms with Crippen molar-refractivity contribution in [3.05, 3.63) is 87.8 Å². The highest BCUT2D eigenvalue weighted by atomic mass is 35.5.